The van der Waals surface area contributed by atoms with Gasteiger partial charge in [-0.25, -0.2) is 9.97 Å². The number of aromatic nitrogens is 4. The minimum Gasteiger partial charge on any atom is -0.355 e. The van der Waals surface area contributed by atoms with Gasteiger partial charge in [0.05, 0.1) is 22.8 Å². The van der Waals surface area contributed by atoms with Crippen LogP contribution >= 0.6 is 0 Å². The van der Waals surface area contributed by atoms with Crippen molar-refractivity contribution < 1.29 is 19.2 Å². The second-order valence-corrected chi connectivity index (χ2v) is 10.4. The van der Waals surface area contributed by atoms with E-state index in [4.69, 9.17) is 9.97 Å². The number of fused-ring (bicyclic) bond motifs is 8. The van der Waals surface area contributed by atoms with E-state index in [9.17, 15) is 19.2 Å². The van der Waals surface area contributed by atoms with Crippen LogP contribution in [0.5, 0.6) is 0 Å². The lowest BCUT2D eigenvalue weighted by atomic mass is 9.90. The molecule has 5 rings (SSSR count). The number of Topliss-reactive ketones (excluding diaryl/α,β-unsaturated/α-hetero) is 4. The second kappa shape index (κ2) is 10.1. The van der Waals surface area contributed by atoms with E-state index in [0.29, 0.717) is 44.9 Å². The first-order valence-corrected chi connectivity index (χ1v) is 13.1. The molecule has 8 heteroatoms. The van der Waals surface area contributed by atoms with Crippen LogP contribution in [0.2, 0.25) is 0 Å². The molecule has 0 atom stereocenters. The summed E-state index contributed by atoms with van der Waals surface area (Å²) >= 11 is 0. The topological polar surface area (TPSA) is 126 Å². The molecule has 0 aliphatic carbocycles. The second-order valence-electron chi connectivity index (χ2n) is 10.4. The summed E-state index contributed by atoms with van der Waals surface area (Å²) in [6, 6.07) is 7.49. The third-order valence-electron chi connectivity index (χ3n) is 7.56. The number of nitrogens with zero attached hydrogens (tertiary/aromatic N) is 2. The highest BCUT2D eigenvalue weighted by Gasteiger charge is 2.29. The van der Waals surface area contributed by atoms with E-state index in [-0.39, 0.29) is 23.1 Å². The molecule has 3 aromatic heterocycles. The number of ketones is 4. The van der Waals surface area contributed by atoms with E-state index >= 15 is 0 Å². The first kappa shape index (κ1) is 26.9. The summed E-state index contributed by atoms with van der Waals surface area (Å²) in [4.78, 5) is 67.2. The number of nitrogens with one attached hydrogen (secondary N) is 2. The molecule has 3 aromatic rings. The Morgan fingerprint density at radius 3 is 1.20 bits per heavy atom. The normalized spacial score (nSPS) is 12.4. The number of hydrogen-bond donors (Lipinski definition) is 2. The van der Waals surface area contributed by atoms with E-state index in [0.717, 1.165) is 22.2 Å². The molecule has 0 unspecified atom stereocenters. The largest absolute Gasteiger partial charge is 0.355 e. The van der Waals surface area contributed by atoms with Gasteiger partial charge in [0.15, 0.2) is 0 Å². The molecular formula is C32H30N4O4. The van der Waals surface area contributed by atoms with Gasteiger partial charge >= 0.3 is 0 Å². The average molecular weight is 535 g/mol. The van der Waals surface area contributed by atoms with Crippen molar-refractivity contribution in [3.8, 4) is 0 Å². The Hall–Kier alpha value is -4.72. The Bertz CT molecular complexity index is 1690. The van der Waals surface area contributed by atoms with E-state index in [1.54, 1.807) is 0 Å². The van der Waals surface area contributed by atoms with Gasteiger partial charge in [-0.2, -0.15) is 0 Å². The highest BCUT2D eigenvalue weighted by atomic mass is 16.2. The van der Waals surface area contributed by atoms with Crippen LogP contribution in [0.25, 0.3) is 46.4 Å². The lowest BCUT2D eigenvalue weighted by Gasteiger charge is -2.12. The Kier molecular flexibility index (Phi) is 6.79. The lowest BCUT2D eigenvalue weighted by Crippen LogP contribution is -2.18. The van der Waals surface area contributed by atoms with Crippen molar-refractivity contribution in [1.82, 2.24) is 19.9 Å². The molecule has 202 valence electrons. The Balaban J connectivity index is 1.99. The van der Waals surface area contributed by atoms with Crippen molar-refractivity contribution in [1.29, 1.82) is 0 Å². The van der Waals surface area contributed by atoms with Crippen LogP contribution in [0.3, 0.4) is 0 Å². The molecule has 0 aromatic carbocycles. The summed E-state index contributed by atoms with van der Waals surface area (Å²) in [5, 5.41) is 0. The van der Waals surface area contributed by atoms with Crippen molar-refractivity contribution in [2.75, 3.05) is 0 Å². The fourth-order valence-corrected chi connectivity index (χ4v) is 5.53. The first-order chi connectivity index (χ1) is 19.0. The number of rotatable bonds is 6. The minimum absolute atomic E-state index is 0.260. The van der Waals surface area contributed by atoms with E-state index in [2.05, 4.69) is 9.97 Å². The van der Waals surface area contributed by atoms with Gasteiger partial charge in [0.2, 0.25) is 0 Å². The van der Waals surface area contributed by atoms with Crippen molar-refractivity contribution in [3.05, 3.63) is 69.3 Å². The Labute approximate surface area is 231 Å². The molecule has 0 saturated carbocycles. The first-order valence-electron chi connectivity index (χ1n) is 13.1. The molecule has 8 nitrogen and oxygen atoms in total. The van der Waals surface area contributed by atoms with Gasteiger partial charge in [0.1, 0.15) is 35.0 Å². The molecule has 0 radical (unpaired) electrons. The molecule has 8 bridgehead atoms. The van der Waals surface area contributed by atoms with Crippen molar-refractivity contribution in [3.63, 3.8) is 0 Å². The van der Waals surface area contributed by atoms with Crippen LogP contribution in [0.15, 0.2) is 24.3 Å². The number of carbonyl (C=O) groups excluding carboxylic acids is 4. The molecule has 2 N–H and O–H groups in total. The molecule has 40 heavy (non-hydrogen) atoms. The smallest absolute Gasteiger partial charge is 0.144 e. The van der Waals surface area contributed by atoms with E-state index < -0.39 is 11.8 Å². The fourth-order valence-electron chi connectivity index (χ4n) is 5.53. The summed E-state index contributed by atoms with van der Waals surface area (Å²) in [6.07, 6.45) is 7.29. The van der Waals surface area contributed by atoms with Gasteiger partial charge in [-0.1, -0.05) is 0 Å². The summed E-state index contributed by atoms with van der Waals surface area (Å²) in [6.45, 7) is 9.49. The molecule has 2 aliphatic rings. The Morgan fingerprint density at radius 2 is 0.850 bits per heavy atom. The van der Waals surface area contributed by atoms with Gasteiger partial charge in [-0.05, 0) is 95.7 Å². The maximum absolute atomic E-state index is 12.7. The summed E-state index contributed by atoms with van der Waals surface area (Å²) in [7, 11) is 0. The quantitative estimate of drug-likeness (QED) is 0.265. The number of H-pyrrole nitrogens is 2. The zero-order valence-electron chi connectivity index (χ0n) is 23.3. The van der Waals surface area contributed by atoms with Gasteiger partial charge < -0.3 is 9.97 Å². The van der Waals surface area contributed by atoms with Gasteiger partial charge in [-0.3, -0.25) is 19.2 Å². The van der Waals surface area contributed by atoms with Gasteiger partial charge in [0.25, 0.3) is 0 Å². The zero-order chi connectivity index (χ0) is 28.9. The zero-order valence-corrected chi connectivity index (χ0v) is 23.3. The number of aromatic amines is 2. The molecular weight excluding hydrogens is 504 g/mol. The molecule has 0 saturated heterocycles. The predicted molar refractivity (Wildman–Crippen MR) is 157 cm³/mol. The highest BCUT2D eigenvalue weighted by molar-refractivity contribution is 6.09. The lowest BCUT2D eigenvalue weighted by molar-refractivity contribution is -0.128. The SMILES string of the molecule is CC(=O)C(C(C)=O)c1c2nc(c(C)c3nc(c(C(C(C)=O)C(C)=O)c4ccc([nH]4)c(C)c4ccc1[nH]4)C=C3)C=C2. The molecule has 2 aliphatic heterocycles. The van der Waals surface area contributed by atoms with Crippen LogP contribution in [0, 0.1) is 13.8 Å². The van der Waals surface area contributed by atoms with Crippen LogP contribution in [0.4, 0.5) is 0 Å². The van der Waals surface area contributed by atoms with E-state index in [1.807, 2.05) is 62.4 Å². The summed E-state index contributed by atoms with van der Waals surface area (Å²) in [5.41, 5.74) is 7.82. The number of aryl methyl sites for hydroxylation is 1. The van der Waals surface area contributed by atoms with Crippen molar-refractivity contribution >= 4 is 69.5 Å². The maximum Gasteiger partial charge on any atom is 0.144 e. The van der Waals surface area contributed by atoms with E-state index in [1.165, 1.54) is 27.7 Å². The molecule has 0 fully saturated rings. The Morgan fingerprint density at radius 1 is 0.525 bits per heavy atom. The van der Waals surface area contributed by atoms with Gasteiger partial charge in [0, 0.05) is 38.8 Å². The van der Waals surface area contributed by atoms with Crippen molar-refractivity contribution in [2.24, 2.45) is 0 Å². The predicted octanol–water partition coefficient (Wildman–Crippen LogP) is 5.80. The standard InChI is InChI=1S/C32H30N4O4/c1-15-21-7-11-25(33-21)31(29(17(3)37)18(4)38)27-13-9-23(35-27)16(2)24-10-14-28(36-24)32(26-12-8-22(15)34-26)30(19(5)39)20(6)40/h7-14,29-30,33-34H,1-6H3. The fraction of sp³-hybridized carbons (Fsp3) is 0.250. The van der Waals surface area contributed by atoms with Crippen LogP contribution in [0.1, 0.15) is 84.6 Å². The number of carbonyl (C=O) groups is 4. The van der Waals surface area contributed by atoms with Gasteiger partial charge in [-0.15, -0.1) is 0 Å². The summed E-state index contributed by atoms with van der Waals surface area (Å²) in [5.74, 6) is -2.98. The third kappa shape index (κ3) is 4.55. The van der Waals surface area contributed by atoms with Crippen molar-refractivity contribution in [2.45, 2.75) is 53.4 Å². The van der Waals surface area contributed by atoms with Crippen LogP contribution in [-0.4, -0.2) is 43.1 Å². The highest BCUT2D eigenvalue weighted by Crippen LogP contribution is 2.32. The molecule has 5 heterocycles. The van der Waals surface area contributed by atoms with Crippen LogP contribution in [-0.2, 0) is 19.2 Å². The maximum atomic E-state index is 12.7. The summed E-state index contributed by atoms with van der Waals surface area (Å²) < 4.78 is 0. The minimum atomic E-state index is -0.971. The molecule has 0 amide bonds. The third-order valence-corrected chi connectivity index (χ3v) is 7.56. The average Bonchev–Trinajstić information content (AvgIpc) is 3.70. The number of hydrogen-bond acceptors (Lipinski definition) is 6. The van der Waals surface area contributed by atoms with Crippen LogP contribution < -0.4 is 0 Å². The monoisotopic (exact) mass is 534 g/mol. The molecule has 0 spiro atoms.